The molecule has 0 aromatic heterocycles. The van der Waals surface area contributed by atoms with Gasteiger partial charge in [-0.15, -0.1) is 0 Å². The second kappa shape index (κ2) is 9.19. The molecule has 0 aromatic carbocycles. The van der Waals surface area contributed by atoms with E-state index >= 15 is 0 Å². The Morgan fingerprint density at radius 2 is 1.84 bits per heavy atom. The summed E-state index contributed by atoms with van der Waals surface area (Å²) in [5, 5.41) is 0. The van der Waals surface area contributed by atoms with Crippen LogP contribution in [0.25, 0.3) is 0 Å². The van der Waals surface area contributed by atoms with Crippen molar-refractivity contribution in [1.82, 2.24) is 0 Å². The third-order valence-corrected chi connectivity index (χ3v) is 3.38. The summed E-state index contributed by atoms with van der Waals surface area (Å²) in [4.78, 5) is 0. The van der Waals surface area contributed by atoms with Crippen LogP contribution in [0.4, 0.5) is 0 Å². The lowest BCUT2D eigenvalue weighted by Gasteiger charge is -2.29. The maximum atomic E-state index is 6.17. The highest BCUT2D eigenvalue weighted by Gasteiger charge is 2.21. The Bertz CT molecular complexity index is 290. The fourth-order valence-electron chi connectivity index (χ4n) is 1.63. The van der Waals surface area contributed by atoms with Crippen molar-refractivity contribution >= 4 is 0 Å². The molecular weight excluding hydrogens is 236 g/mol. The minimum Gasteiger partial charge on any atom is -0.495 e. The smallest absolute Gasteiger partial charge is 0.0951 e. The molecule has 0 bridgehead atoms. The van der Waals surface area contributed by atoms with E-state index in [0.717, 1.165) is 25.0 Å². The zero-order valence-electron chi connectivity index (χ0n) is 13.8. The van der Waals surface area contributed by atoms with E-state index in [2.05, 4.69) is 40.7 Å². The van der Waals surface area contributed by atoms with Crippen LogP contribution < -0.4 is 0 Å². The lowest BCUT2D eigenvalue weighted by molar-refractivity contribution is -0.0583. The second-order valence-corrected chi connectivity index (χ2v) is 5.59. The predicted octanol–water partition coefficient (Wildman–Crippen LogP) is 5.25. The van der Waals surface area contributed by atoms with Gasteiger partial charge in [-0.25, -0.2) is 0 Å². The van der Waals surface area contributed by atoms with E-state index in [1.807, 2.05) is 26.0 Å². The number of hydrogen-bond donors (Lipinski definition) is 0. The molecule has 0 amide bonds. The minimum atomic E-state index is -0.0978. The maximum Gasteiger partial charge on any atom is 0.0951 e. The zero-order valence-corrected chi connectivity index (χ0v) is 13.8. The molecule has 0 aliphatic carbocycles. The van der Waals surface area contributed by atoms with Crippen molar-refractivity contribution < 1.29 is 9.47 Å². The van der Waals surface area contributed by atoms with Gasteiger partial charge >= 0.3 is 0 Å². The first-order valence-electron chi connectivity index (χ1n) is 7.50. The van der Waals surface area contributed by atoms with Gasteiger partial charge in [-0.2, -0.15) is 0 Å². The first-order valence-corrected chi connectivity index (χ1v) is 7.50. The summed E-state index contributed by atoms with van der Waals surface area (Å²) in [7, 11) is 0. The fourth-order valence-corrected chi connectivity index (χ4v) is 1.63. The van der Waals surface area contributed by atoms with Gasteiger partial charge < -0.3 is 9.47 Å². The van der Waals surface area contributed by atoms with Gasteiger partial charge in [-0.05, 0) is 53.5 Å². The molecule has 0 aliphatic rings. The molecule has 0 N–H and O–H groups in total. The summed E-state index contributed by atoms with van der Waals surface area (Å²) in [5.41, 5.74) is -0.0978. The van der Waals surface area contributed by atoms with Gasteiger partial charge in [0.15, 0.2) is 0 Å². The number of rotatable bonds is 9. The first kappa shape index (κ1) is 18.2. The average molecular weight is 268 g/mol. The molecule has 2 nitrogen and oxygen atoms in total. The van der Waals surface area contributed by atoms with E-state index in [4.69, 9.17) is 9.47 Å². The molecule has 0 aromatic rings. The number of hydrogen-bond acceptors (Lipinski definition) is 2. The van der Waals surface area contributed by atoms with E-state index in [9.17, 15) is 0 Å². The van der Waals surface area contributed by atoms with Crippen LogP contribution in [0.1, 0.15) is 67.7 Å². The summed E-state index contributed by atoms with van der Waals surface area (Å²) < 4.78 is 12.1. The number of ether oxygens (including phenoxy) is 2. The van der Waals surface area contributed by atoms with Crippen molar-refractivity contribution in [3.8, 4) is 0 Å². The van der Waals surface area contributed by atoms with Crippen LogP contribution in [0.2, 0.25) is 0 Å². The van der Waals surface area contributed by atoms with Gasteiger partial charge in [0.25, 0.3) is 0 Å². The van der Waals surface area contributed by atoms with Crippen molar-refractivity contribution in [2.75, 3.05) is 0 Å². The molecule has 0 spiro atoms. The minimum absolute atomic E-state index is 0.0789. The van der Waals surface area contributed by atoms with Gasteiger partial charge in [-0.1, -0.05) is 26.0 Å². The van der Waals surface area contributed by atoms with Crippen LogP contribution in [0, 0.1) is 0 Å². The summed E-state index contributed by atoms with van der Waals surface area (Å²) in [6.07, 6.45) is 9.37. The molecule has 0 saturated heterocycles. The number of allylic oxidation sites excluding steroid dienone is 2. The fraction of sp³-hybridized carbons (Fsp3) is 0.765. The van der Waals surface area contributed by atoms with E-state index in [-0.39, 0.29) is 17.8 Å². The molecule has 2 heteroatoms. The van der Waals surface area contributed by atoms with Crippen molar-refractivity contribution in [3.63, 3.8) is 0 Å². The SMILES string of the molecule is C/C=C\C(C/C(=C\C)OC(C)CC)OC(C)(C)CC. The highest BCUT2D eigenvalue weighted by molar-refractivity contribution is 5.00. The zero-order chi connectivity index (χ0) is 14.9. The standard InChI is InChI=1S/C17H32O2/c1-8-12-16(19-17(6,7)11-4)13-15(10-3)18-14(5)9-2/h8,10,12,14,16H,9,11,13H2,1-7H3/b12-8-,15-10+. The average Bonchev–Trinajstić information content (AvgIpc) is 2.37. The van der Waals surface area contributed by atoms with E-state index in [1.165, 1.54) is 0 Å². The van der Waals surface area contributed by atoms with Crippen LogP contribution in [0.3, 0.4) is 0 Å². The van der Waals surface area contributed by atoms with Crippen LogP contribution in [0.15, 0.2) is 24.0 Å². The largest absolute Gasteiger partial charge is 0.495 e. The maximum absolute atomic E-state index is 6.17. The Hall–Kier alpha value is -0.760. The summed E-state index contributed by atoms with van der Waals surface area (Å²) in [5.74, 6) is 1.02. The van der Waals surface area contributed by atoms with Crippen molar-refractivity contribution in [2.45, 2.75) is 85.5 Å². The Balaban J connectivity index is 4.64. The van der Waals surface area contributed by atoms with Gasteiger partial charge in [0.05, 0.1) is 23.6 Å². The Labute approximate surface area is 119 Å². The predicted molar refractivity (Wildman–Crippen MR) is 83.3 cm³/mol. The van der Waals surface area contributed by atoms with Gasteiger partial charge in [0.1, 0.15) is 0 Å². The molecule has 0 heterocycles. The van der Waals surface area contributed by atoms with Gasteiger partial charge in [0.2, 0.25) is 0 Å². The van der Waals surface area contributed by atoms with E-state index in [0.29, 0.717) is 0 Å². The molecule has 112 valence electrons. The summed E-state index contributed by atoms with van der Waals surface area (Å²) in [6, 6.07) is 0. The Morgan fingerprint density at radius 3 is 2.26 bits per heavy atom. The van der Waals surface area contributed by atoms with Crippen LogP contribution in [-0.4, -0.2) is 17.8 Å². The highest BCUT2D eigenvalue weighted by Crippen LogP contribution is 2.22. The monoisotopic (exact) mass is 268 g/mol. The highest BCUT2D eigenvalue weighted by atomic mass is 16.5. The molecule has 0 fully saturated rings. The molecule has 2 unspecified atom stereocenters. The Kier molecular flexibility index (Phi) is 8.82. The van der Waals surface area contributed by atoms with Gasteiger partial charge in [-0.3, -0.25) is 0 Å². The topological polar surface area (TPSA) is 18.5 Å². The summed E-state index contributed by atoms with van der Waals surface area (Å²) >= 11 is 0. The lowest BCUT2D eigenvalue weighted by atomic mass is 10.1. The van der Waals surface area contributed by atoms with Crippen molar-refractivity contribution in [3.05, 3.63) is 24.0 Å². The van der Waals surface area contributed by atoms with E-state index in [1.54, 1.807) is 0 Å². The van der Waals surface area contributed by atoms with E-state index < -0.39 is 0 Å². The molecule has 19 heavy (non-hydrogen) atoms. The lowest BCUT2D eigenvalue weighted by Crippen LogP contribution is -2.29. The molecular formula is C17H32O2. The van der Waals surface area contributed by atoms with Crippen LogP contribution in [0.5, 0.6) is 0 Å². The Morgan fingerprint density at radius 1 is 1.21 bits per heavy atom. The normalized spacial score (nSPS) is 16.7. The van der Waals surface area contributed by atoms with Gasteiger partial charge in [0, 0.05) is 6.42 Å². The molecule has 2 atom stereocenters. The molecule has 0 rings (SSSR count). The third kappa shape index (κ3) is 8.10. The first-order chi connectivity index (χ1) is 8.88. The van der Waals surface area contributed by atoms with Crippen LogP contribution in [-0.2, 0) is 9.47 Å². The quantitative estimate of drug-likeness (QED) is 0.420. The van der Waals surface area contributed by atoms with Crippen molar-refractivity contribution in [1.29, 1.82) is 0 Å². The second-order valence-electron chi connectivity index (χ2n) is 5.59. The molecule has 0 saturated carbocycles. The molecule has 0 radical (unpaired) electrons. The molecule has 0 aliphatic heterocycles. The van der Waals surface area contributed by atoms with Crippen molar-refractivity contribution in [2.24, 2.45) is 0 Å². The summed E-state index contributed by atoms with van der Waals surface area (Å²) in [6.45, 7) is 14.7. The third-order valence-electron chi connectivity index (χ3n) is 3.38. The van der Waals surface area contributed by atoms with Crippen LogP contribution >= 0.6 is 0 Å².